The van der Waals surface area contributed by atoms with Crippen LogP contribution in [0.5, 0.6) is 0 Å². The highest BCUT2D eigenvalue weighted by atomic mass is 32.1. The van der Waals surface area contributed by atoms with E-state index in [0.29, 0.717) is 17.3 Å². The molecule has 2 aromatic carbocycles. The molecule has 2 atom stereocenters. The minimum absolute atomic E-state index is 0.152. The summed E-state index contributed by atoms with van der Waals surface area (Å²) < 4.78 is 15.5. The molecule has 0 aliphatic carbocycles. The number of nitrogens with zero attached hydrogens (tertiary/aromatic N) is 3. The van der Waals surface area contributed by atoms with E-state index >= 15 is 0 Å². The van der Waals surface area contributed by atoms with Crippen molar-refractivity contribution in [2.75, 3.05) is 11.9 Å². The standard InChI is InChI=1S/C30H30FN5OS/c1-19-7-6-8-24(17-19)36-20(2)18-25(21(36)3)29-28(26-9-4-5-15-32-26)34-30(38)35(29)16-14-27(37)33-23-12-10-22(31)11-13-23/h4-13,15,17-18,28-29H,14,16H2,1-3H3,(H,33,37)(H,34,38)/t28-,29-/m0/s1. The van der Waals surface area contributed by atoms with Crippen LogP contribution in [0.25, 0.3) is 5.69 Å². The van der Waals surface area contributed by atoms with E-state index in [4.69, 9.17) is 12.2 Å². The first-order chi connectivity index (χ1) is 18.3. The second-order valence-electron chi connectivity index (χ2n) is 9.63. The molecule has 0 spiro atoms. The fraction of sp³-hybridized carbons (Fsp3) is 0.233. The number of aromatic nitrogens is 2. The van der Waals surface area contributed by atoms with Crippen molar-refractivity contribution in [2.45, 2.75) is 39.3 Å². The van der Waals surface area contributed by atoms with Crippen LogP contribution in [0.4, 0.5) is 10.1 Å². The molecule has 0 bridgehead atoms. The first-order valence-electron chi connectivity index (χ1n) is 12.6. The average Bonchev–Trinajstić information content (AvgIpc) is 3.39. The third-order valence-electron chi connectivity index (χ3n) is 6.95. The molecule has 1 aliphatic heterocycles. The molecular weight excluding hydrogens is 497 g/mol. The summed E-state index contributed by atoms with van der Waals surface area (Å²) in [5.74, 6) is -0.507. The summed E-state index contributed by atoms with van der Waals surface area (Å²) in [4.78, 5) is 19.5. The van der Waals surface area contributed by atoms with Crippen molar-refractivity contribution in [3.05, 3.63) is 113 Å². The summed E-state index contributed by atoms with van der Waals surface area (Å²) in [7, 11) is 0. The predicted octanol–water partition coefficient (Wildman–Crippen LogP) is 5.94. The SMILES string of the molecule is Cc1cccc(-n2c(C)cc([C@H]3[C@H](c4ccccn4)NC(=S)N3CCC(=O)Nc3ccc(F)cc3)c2C)c1. The largest absolute Gasteiger partial charge is 0.352 e. The molecule has 5 rings (SSSR count). The van der Waals surface area contributed by atoms with Gasteiger partial charge in [0.05, 0.1) is 17.8 Å². The third kappa shape index (κ3) is 5.17. The highest BCUT2D eigenvalue weighted by Crippen LogP contribution is 2.41. The Bertz CT molecular complexity index is 1470. The monoisotopic (exact) mass is 527 g/mol. The molecule has 1 saturated heterocycles. The molecule has 1 fully saturated rings. The lowest BCUT2D eigenvalue weighted by atomic mass is 9.96. The summed E-state index contributed by atoms with van der Waals surface area (Å²) in [6.45, 7) is 6.74. The number of carbonyl (C=O) groups is 1. The number of halogens is 1. The molecule has 1 aliphatic rings. The number of thiocarbonyl (C=S) groups is 1. The molecule has 0 radical (unpaired) electrons. The van der Waals surface area contributed by atoms with E-state index in [2.05, 4.69) is 76.2 Å². The van der Waals surface area contributed by atoms with Gasteiger partial charge in [0.2, 0.25) is 5.91 Å². The van der Waals surface area contributed by atoms with E-state index in [1.807, 2.05) is 18.2 Å². The van der Waals surface area contributed by atoms with Gasteiger partial charge in [-0.2, -0.15) is 0 Å². The predicted molar refractivity (Wildman–Crippen MR) is 152 cm³/mol. The molecule has 8 heteroatoms. The first-order valence-corrected chi connectivity index (χ1v) is 13.0. The fourth-order valence-corrected chi connectivity index (χ4v) is 5.55. The van der Waals surface area contributed by atoms with Crippen molar-refractivity contribution < 1.29 is 9.18 Å². The van der Waals surface area contributed by atoms with Crippen LogP contribution in [-0.2, 0) is 4.79 Å². The number of hydrogen-bond acceptors (Lipinski definition) is 3. The molecule has 0 unspecified atom stereocenters. The molecule has 194 valence electrons. The summed E-state index contributed by atoms with van der Waals surface area (Å²) in [5.41, 5.74) is 7.12. The molecule has 6 nitrogen and oxygen atoms in total. The molecule has 2 N–H and O–H groups in total. The average molecular weight is 528 g/mol. The number of hydrogen-bond donors (Lipinski definition) is 2. The zero-order chi connectivity index (χ0) is 26.8. The second kappa shape index (κ2) is 10.8. The summed E-state index contributed by atoms with van der Waals surface area (Å²) in [5, 5.41) is 6.89. The van der Waals surface area contributed by atoms with Crippen molar-refractivity contribution in [2.24, 2.45) is 0 Å². The smallest absolute Gasteiger partial charge is 0.226 e. The van der Waals surface area contributed by atoms with Crippen molar-refractivity contribution in [3.63, 3.8) is 0 Å². The van der Waals surface area contributed by atoms with Gasteiger partial charge in [0, 0.05) is 41.9 Å². The number of anilines is 1. The number of pyridine rings is 1. The Morgan fingerprint density at radius 3 is 2.55 bits per heavy atom. The Hall–Kier alpha value is -4.04. The van der Waals surface area contributed by atoms with Crippen LogP contribution < -0.4 is 10.6 Å². The van der Waals surface area contributed by atoms with Gasteiger partial charge in [-0.05, 0) is 98.7 Å². The quantitative estimate of drug-likeness (QED) is 0.292. The number of amides is 1. The van der Waals surface area contributed by atoms with Crippen molar-refractivity contribution in [1.82, 2.24) is 19.8 Å². The highest BCUT2D eigenvalue weighted by Gasteiger charge is 2.41. The van der Waals surface area contributed by atoms with Gasteiger partial charge in [-0.3, -0.25) is 9.78 Å². The van der Waals surface area contributed by atoms with E-state index in [9.17, 15) is 9.18 Å². The number of benzene rings is 2. The van der Waals surface area contributed by atoms with Crippen molar-refractivity contribution >= 4 is 28.9 Å². The number of aryl methyl sites for hydroxylation is 2. The normalized spacial score (nSPS) is 16.9. The summed E-state index contributed by atoms with van der Waals surface area (Å²) in [6, 6.07) is 22.0. The van der Waals surface area contributed by atoms with Gasteiger partial charge in [0.15, 0.2) is 5.11 Å². The molecule has 1 amide bonds. The van der Waals surface area contributed by atoms with E-state index in [1.165, 1.54) is 17.7 Å². The lowest BCUT2D eigenvalue weighted by molar-refractivity contribution is -0.116. The lowest BCUT2D eigenvalue weighted by Gasteiger charge is -2.28. The van der Waals surface area contributed by atoms with E-state index in [1.54, 1.807) is 18.3 Å². The zero-order valence-corrected chi connectivity index (χ0v) is 22.4. The van der Waals surface area contributed by atoms with Gasteiger partial charge in [-0.25, -0.2) is 4.39 Å². The maximum atomic E-state index is 13.2. The lowest BCUT2D eigenvalue weighted by Crippen LogP contribution is -2.32. The van der Waals surface area contributed by atoms with Crippen LogP contribution >= 0.6 is 12.2 Å². The number of nitrogens with one attached hydrogen (secondary N) is 2. The number of rotatable bonds is 7. The van der Waals surface area contributed by atoms with Crippen molar-refractivity contribution in [3.8, 4) is 5.69 Å². The van der Waals surface area contributed by atoms with E-state index < -0.39 is 0 Å². The van der Waals surface area contributed by atoms with Crippen LogP contribution in [0.2, 0.25) is 0 Å². The van der Waals surface area contributed by atoms with Crippen molar-refractivity contribution in [1.29, 1.82) is 0 Å². The fourth-order valence-electron chi connectivity index (χ4n) is 5.21. The Kier molecular flexibility index (Phi) is 7.24. The van der Waals surface area contributed by atoms with E-state index in [-0.39, 0.29) is 30.2 Å². The van der Waals surface area contributed by atoms with Crippen LogP contribution in [0.3, 0.4) is 0 Å². The van der Waals surface area contributed by atoms with Gasteiger partial charge in [-0.1, -0.05) is 18.2 Å². The topological polar surface area (TPSA) is 62.2 Å². The zero-order valence-electron chi connectivity index (χ0n) is 21.6. The van der Waals surface area contributed by atoms with Crippen LogP contribution in [-0.4, -0.2) is 32.0 Å². The Balaban J connectivity index is 1.46. The first kappa shape index (κ1) is 25.6. The minimum Gasteiger partial charge on any atom is -0.352 e. The number of carbonyl (C=O) groups excluding carboxylic acids is 1. The van der Waals surface area contributed by atoms with Crippen LogP contribution in [0, 0.1) is 26.6 Å². The molecule has 0 saturated carbocycles. The highest BCUT2D eigenvalue weighted by molar-refractivity contribution is 7.80. The molecule has 4 aromatic rings. The van der Waals surface area contributed by atoms with Gasteiger partial charge >= 0.3 is 0 Å². The summed E-state index contributed by atoms with van der Waals surface area (Å²) in [6.07, 6.45) is 2.01. The van der Waals surface area contributed by atoms with Crippen LogP contribution in [0.15, 0.2) is 79.0 Å². The summed E-state index contributed by atoms with van der Waals surface area (Å²) >= 11 is 5.79. The Morgan fingerprint density at radius 1 is 1.05 bits per heavy atom. The minimum atomic E-state index is -0.344. The van der Waals surface area contributed by atoms with Gasteiger partial charge in [0.25, 0.3) is 0 Å². The van der Waals surface area contributed by atoms with Gasteiger partial charge < -0.3 is 20.1 Å². The van der Waals surface area contributed by atoms with Crippen LogP contribution in [0.1, 0.15) is 46.7 Å². The van der Waals surface area contributed by atoms with Gasteiger partial charge in [0.1, 0.15) is 5.82 Å². The second-order valence-corrected chi connectivity index (χ2v) is 10.0. The molecule has 3 heterocycles. The molecular formula is C30H30FN5OS. The molecule has 38 heavy (non-hydrogen) atoms. The Labute approximate surface area is 227 Å². The maximum absolute atomic E-state index is 13.2. The maximum Gasteiger partial charge on any atom is 0.226 e. The van der Waals surface area contributed by atoms with E-state index in [0.717, 1.165) is 28.3 Å². The van der Waals surface area contributed by atoms with Gasteiger partial charge in [-0.15, -0.1) is 0 Å². The Morgan fingerprint density at radius 2 is 1.84 bits per heavy atom. The molecule has 2 aromatic heterocycles. The third-order valence-corrected chi connectivity index (χ3v) is 7.31.